The quantitative estimate of drug-likeness (QED) is 0.555. The summed E-state index contributed by atoms with van der Waals surface area (Å²) in [6.45, 7) is 10.6. The smallest absolute Gasteiger partial charge is 0.333 e. The van der Waals surface area contributed by atoms with E-state index in [4.69, 9.17) is 9.47 Å². The molecule has 0 bridgehead atoms. The van der Waals surface area contributed by atoms with Gasteiger partial charge < -0.3 is 14.6 Å². The van der Waals surface area contributed by atoms with Crippen LogP contribution >= 0.6 is 0 Å². The highest BCUT2D eigenvalue weighted by Crippen LogP contribution is 2.07. The van der Waals surface area contributed by atoms with E-state index in [0.717, 1.165) is 0 Å². The zero-order valence-corrected chi connectivity index (χ0v) is 10.4. The molecule has 0 saturated carbocycles. The predicted octanol–water partition coefficient (Wildman–Crippen LogP) is 0.976. The van der Waals surface area contributed by atoms with E-state index in [1.807, 2.05) is 0 Å². The van der Waals surface area contributed by atoms with Crippen LogP contribution in [0.2, 0.25) is 0 Å². The maximum atomic E-state index is 11.1. The Morgan fingerprint density at radius 2 is 1.35 bits per heavy atom. The maximum Gasteiger partial charge on any atom is 0.333 e. The summed E-state index contributed by atoms with van der Waals surface area (Å²) in [5.41, 5.74) is -0.963. The molecule has 0 aromatic heterocycles. The van der Waals surface area contributed by atoms with E-state index in [0.29, 0.717) is 0 Å². The summed E-state index contributed by atoms with van der Waals surface area (Å²) in [4.78, 5) is 22.2. The van der Waals surface area contributed by atoms with Crippen LogP contribution in [0.4, 0.5) is 0 Å². The normalized spacial score (nSPS) is 10.6. The van der Waals surface area contributed by atoms with Crippen molar-refractivity contribution in [1.82, 2.24) is 0 Å². The molecule has 0 radical (unpaired) electrons. The van der Waals surface area contributed by atoms with Gasteiger partial charge in [-0.05, 0) is 20.8 Å². The Morgan fingerprint density at radius 1 is 1.06 bits per heavy atom. The van der Waals surface area contributed by atoms with Crippen molar-refractivity contribution < 1.29 is 24.2 Å². The summed E-state index contributed by atoms with van der Waals surface area (Å²) < 4.78 is 9.52. The molecule has 0 saturated heterocycles. The number of hydrogen-bond donors (Lipinski definition) is 1. The first-order chi connectivity index (χ1) is 7.65. The number of aliphatic hydroxyl groups is 1. The van der Waals surface area contributed by atoms with Gasteiger partial charge in [-0.3, -0.25) is 0 Å². The lowest BCUT2D eigenvalue weighted by Gasteiger charge is -2.22. The highest BCUT2D eigenvalue weighted by molar-refractivity contribution is 5.87. The number of ether oxygens (including phenoxy) is 2. The molecule has 0 fully saturated rings. The van der Waals surface area contributed by atoms with E-state index in [1.165, 1.54) is 20.8 Å². The average molecular weight is 242 g/mol. The van der Waals surface area contributed by atoms with Crippen molar-refractivity contribution in [1.29, 1.82) is 0 Å². The molecule has 5 nitrogen and oxygen atoms in total. The fourth-order valence-electron chi connectivity index (χ4n) is 0.730. The number of esters is 2. The van der Waals surface area contributed by atoms with Crippen molar-refractivity contribution in [2.24, 2.45) is 0 Å². The van der Waals surface area contributed by atoms with Gasteiger partial charge in [-0.2, -0.15) is 0 Å². The van der Waals surface area contributed by atoms with Gasteiger partial charge >= 0.3 is 11.9 Å². The van der Waals surface area contributed by atoms with Gasteiger partial charge in [-0.1, -0.05) is 13.2 Å². The molecule has 0 aromatic carbocycles. The predicted molar refractivity (Wildman–Crippen MR) is 62.2 cm³/mol. The average Bonchev–Trinajstić information content (AvgIpc) is 2.22. The zero-order valence-electron chi connectivity index (χ0n) is 10.4. The van der Waals surface area contributed by atoms with Gasteiger partial charge in [0.15, 0.2) is 0 Å². The highest BCUT2D eigenvalue weighted by atomic mass is 16.6. The van der Waals surface area contributed by atoms with Crippen molar-refractivity contribution in [3.05, 3.63) is 24.3 Å². The molecule has 0 rings (SSSR count). The standard InChI is InChI=1S/C12H18O5/c1-8(2)10(13)16-6-12(5,15)7-17-11(14)9(3)4/h15H,1,3,6-7H2,2,4-5H3. The summed E-state index contributed by atoms with van der Waals surface area (Å²) in [5, 5.41) is 9.76. The Kier molecular flexibility index (Phi) is 5.61. The van der Waals surface area contributed by atoms with Gasteiger partial charge in [-0.15, -0.1) is 0 Å². The lowest BCUT2D eigenvalue weighted by Crippen LogP contribution is -2.38. The lowest BCUT2D eigenvalue weighted by atomic mass is 10.1. The van der Waals surface area contributed by atoms with Crippen LogP contribution < -0.4 is 0 Å². The van der Waals surface area contributed by atoms with Crippen molar-refractivity contribution in [2.45, 2.75) is 26.4 Å². The van der Waals surface area contributed by atoms with Crippen LogP contribution in [0.1, 0.15) is 20.8 Å². The zero-order chi connectivity index (χ0) is 13.6. The monoisotopic (exact) mass is 242 g/mol. The van der Waals surface area contributed by atoms with Crippen LogP contribution in [0.3, 0.4) is 0 Å². The fraction of sp³-hybridized carbons (Fsp3) is 0.500. The molecule has 0 aromatic rings. The number of carbonyl (C=O) groups is 2. The Hall–Kier alpha value is -1.62. The maximum absolute atomic E-state index is 11.1. The minimum absolute atomic E-state index is 0.236. The molecular formula is C12H18O5. The Balaban J connectivity index is 4.12. The first kappa shape index (κ1) is 15.4. The van der Waals surface area contributed by atoms with E-state index < -0.39 is 17.5 Å². The molecule has 96 valence electrons. The molecule has 0 amide bonds. The minimum Gasteiger partial charge on any atom is -0.459 e. The number of carbonyl (C=O) groups excluding carboxylic acids is 2. The van der Waals surface area contributed by atoms with Crippen LogP contribution in [-0.2, 0) is 19.1 Å². The van der Waals surface area contributed by atoms with Crippen LogP contribution in [0, 0.1) is 0 Å². The molecule has 0 aliphatic rings. The second-order valence-electron chi connectivity index (χ2n) is 4.21. The van der Waals surface area contributed by atoms with Crippen LogP contribution in [0.25, 0.3) is 0 Å². The fourth-order valence-corrected chi connectivity index (χ4v) is 0.730. The molecule has 1 N–H and O–H groups in total. The molecule has 5 heteroatoms. The van der Waals surface area contributed by atoms with Gasteiger partial charge in [0.05, 0.1) is 0 Å². The molecule has 17 heavy (non-hydrogen) atoms. The molecule has 0 aliphatic carbocycles. The number of hydrogen-bond acceptors (Lipinski definition) is 5. The third-order valence-electron chi connectivity index (χ3n) is 1.73. The Bertz CT molecular complexity index is 309. The van der Waals surface area contributed by atoms with E-state index in [9.17, 15) is 14.7 Å². The summed E-state index contributed by atoms with van der Waals surface area (Å²) in [6.07, 6.45) is 0. The summed E-state index contributed by atoms with van der Waals surface area (Å²) in [5.74, 6) is -1.20. The molecule has 0 aliphatic heterocycles. The topological polar surface area (TPSA) is 72.8 Å². The summed E-state index contributed by atoms with van der Waals surface area (Å²) >= 11 is 0. The van der Waals surface area contributed by atoms with Gasteiger partial charge in [0.25, 0.3) is 0 Å². The van der Waals surface area contributed by atoms with Gasteiger partial charge in [0.1, 0.15) is 18.8 Å². The molecule has 0 unspecified atom stereocenters. The largest absolute Gasteiger partial charge is 0.459 e. The third kappa shape index (κ3) is 6.52. The van der Waals surface area contributed by atoms with Gasteiger partial charge in [0.2, 0.25) is 0 Å². The second kappa shape index (κ2) is 6.20. The Morgan fingerprint density at radius 3 is 1.59 bits per heavy atom. The van der Waals surface area contributed by atoms with Gasteiger partial charge in [0, 0.05) is 11.1 Å². The van der Waals surface area contributed by atoms with Crippen molar-refractivity contribution in [2.75, 3.05) is 13.2 Å². The third-order valence-corrected chi connectivity index (χ3v) is 1.73. The summed E-state index contributed by atoms with van der Waals surface area (Å²) in [7, 11) is 0. The highest BCUT2D eigenvalue weighted by Gasteiger charge is 2.25. The van der Waals surface area contributed by atoms with E-state index in [-0.39, 0.29) is 24.4 Å². The molecule has 0 atom stereocenters. The van der Waals surface area contributed by atoms with Gasteiger partial charge in [-0.25, -0.2) is 9.59 Å². The molecular weight excluding hydrogens is 224 g/mol. The van der Waals surface area contributed by atoms with Crippen molar-refractivity contribution in [3.63, 3.8) is 0 Å². The number of rotatable bonds is 6. The molecule has 0 heterocycles. The van der Waals surface area contributed by atoms with Crippen LogP contribution in [0.5, 0.6) is 0 Å². The SMILES string of the molecule is C=C(C)C(=O)OCC(C)(O)COC(=O)C(=C)C. The van der Waals surface area contributed by atoms with Crippen molar-refractivity contribution >= 4 is 11.9 Å². The van der Waals surface area contributed by atoms with Crippen molar-refractivity contribution in [3.8, 4) is 0 Å². The second-order valence-corrected chi connectivity index (χ2v) is 4.21. The van der Waals surface area contributed by atoms with E-state index >= 15 is 0 Å². The lowest BCUT2D eigenvalue weighted by molar-refractivity contribution is -0.156. The molecule has 0 spiro atoms. The Labute approximate surface area is 101 Å². The van der Waals surface area contributed by atoms with E-state index in [2.05, 4.69) is 13.2 Å². The minimum atomic E-state index is -1.43. The first-order valence-electron chi connectivity index (χ1n) is 5.03. The first-order valence-corrected chi connectivity index (χ1v) is 5.03. The van der Waals surface area contributed by atoms with Crippen LogP contribution in [0.15, 0.2) is 24.3 Å². The van der Waals surface area contributed by atoms with Crippen LogP contribution in [-0.4, -0.2) is 35.9 Å². The summed E-state index contributed by atoms with van der Waals surface area (Å²) in [6, 6.07) is 0. The van der Waals surface area contributed by atoms with E-state index in [1.54, 1.807) is 0 Å².